The lowest BCUT2D eigenvalue weighted by Gasteiger charge is -2.35. The minimum atomic E-state index is -4.71. The normalized spacial score (nSPS) is 23.5. The maximum absolute atomic E-state index is 13.5. The summed E-state index contributed by atoms with van der Waals surface area (Å²) >= 11 is 6.22. The van der Waals surface area contributed by atoms with Gasteiger partial charge in [0, 0.05) is 6.54 Å². The van der Waals surface area contributed by atoms with Crippen LogP contribution in [0, 0.1) is 18.3 Å². The molecule has 2 aromatic carbocycles. The number of likely N-dealkylation sites (tertiary alicyclic amines) is 1. The van der Waals surface area contributed by atoms with Gasteiger partial charge in [-0.05, 0) is 43.2 Å². The summed E-state index contributed by atoms with van der Waals surface area (Å²) in [6.45, 7) is 1.62. The molecular weight excluding hydrogens is 473 g/mol. The van der Waals surface area contributed by atoms with Crippen molar-refractivity contribution >= 4 is 35.1 Å². The standard InChI is InChI=1S/C23H16ClF3N4O3/c1-11-16(7-6-12(9-28)18(11)24)31-21(33)19-17-8-13(30(19)22(31)34)10-29(17)20(32)14-4-2-3-5-15(14)23(25,26)27/h2-7,13,17,19H,8,10H2,1H3/t13-,17-,19-/m0/s1. The quantitative estimate of drug-likeness (QED) is 0.599. The van der Waals surface area contributed by atoms with Gasteiger partial charge in [0.15, 0.2) is 0 Å². The Bertz CT molecular complexity index is 1310. The van der Waals surface area contributed by atoms with Crippen LogP contribution in [0.1, 0.15) is 33.5 Å². The molecule has 34 heavy (non-hydrogen) atoms. The lowest BCUT2D eigenvalue weighted by Crippen LogP contribution is -2.55. The van der Waals surface area contributed by atoms with Crippen LogP contribution in [0.3, 0.4) is 0 Å². The van der Waals surface area contributed by atoms with Crippen molar-refractivity contribution in [3.05, 3.63) is 63.7 Å². The third kappa shape index (κ3) is 3.00. The largest absolute Gasteiger partial charge is 0.417 e. The molecule has 4 amide bonds. The van der Waals surface area contributed by atoms with E-state index < -0.39 is 53.3 Å². The molecule has 0 unspecified atom stereocenters. The molecule has 0 spiro atoms. The fourth-order valence-corrected chi connectivity index (χ4v) is 5.39. The Kier molecular flexibility index (Phi) is 4.88. The van der Waals surface area contributed by atoms with Crippen LogP contribution in [-0.2, 0) is 11.0 Å². The molecule has 0 saturated carbocycles. The summed E-state index contributed by atoms with van der Waals surface area (Å²) < 4.78 is 40.4. The molecule has 3 aliphatic heterocycles. The van der Waals surface area contributed by atoms with Crippen LogP contribution in [-0.4, -0.2) is 52.3 Å². The summed E-state index contributed by atoms with van der Waals surface area (Å²) in [5, 5.41) is 9.28. The van der Waals surface area contributed by atoms with Gasteiger partial charge in [0.2, 0.25) is 0 Å². The summed E-state index contributed by atoms with van der Waals surface area (Å²) in [6.07, 6.45) is -4.40. The number of piperazine rings is 1. The SMILES string of the molecule is Cc1c(N2C(=O)[C@@H]3[C@@H]4C[C@@H](CN4C(=O)c4ccccc4C(F)(F)F)N3C2=O)ccc(C#N)c1Cl. The molecule has 3 aliphatic rings. The second kappa shape index (κ2) is 7.46. The fraction of sp³-hybridized carbons (Fsp3) is 0.304. The van der Waals surface area contributed by atoms with Gasteiger partial charge in [-0.25, -0.2) is 9.69 Å². The van der Waals surface area contributed by atoms with Crippen molar-refractivity contribution < 1.29 is 27.6 Å². The van der Waals surface area contributed by atoms with Gasteiger partial charge in [-0.3, -0.25) is 9.59 Å². The molecule has 0 aromatic heterocycles. The average molecular weight is 489 g/mol. The Hall–Kier alpha value is -3.58. The highest BCUT2D eigenvalue weighted by molar-refractivity contribution is 6.33. The number of carbonyl (C=O) groups is 3. The molecule has 7 nitrogen and oxygen atoms in total. The predicted octanol–water partition coefficient (Wildman–Crippen LogP) is 3.97. The van der Waals surface area contributed by atoms with E-state index in [-0.39, 0.29) is 22.8 Å². The smallest absolute Gasteiger partial charge is 0.331 e. The number of anilines is 1. The number of rotatable bonds is 2. The molecule has 174 valence electrons. The summed E-state index contributed by atoms with van der Waals surface area (Å²) in [7, 11) is 0. The van der Waals surface area contributed by atoms with Gasteiger partial charge in [-0.1, -0.05) is 23.7 Å². The van der Waals surface area contributed by atoms with Crippen LogP contribution in [0.5, 0.6) is 0 Å². The van der Waals surface area contributed by atoms with E-state index in [1.165, 1.54) is 34.1 Å². The lowest BCUT2D eigenvalue weighted by atomic mass is 10.0. The van der Waals surface area contributed by atoms with E-state index in [9.17, 15) is 27.6 Å². The number of imide groups is 1. The monoisotopic (exact) mass is 488 g/mol. The van der Waals surface area contributed by atoms with E-state index in [1.54, 1.807) is 6.92 Å². The molecule has 3 fully saturated rings. The molecule has 5 rings (SSSR count). The van der Waals surface area contributed by atoms with Gasteiger partial charge < -0.3 is 9.80 Å². The number of fused-ring (bicyclic) bond motifs is 5. The lowest BCUT2D eigenvalue weighted by molar-refractivity contribution is -0.138. The molecule has 0 aliphatic carbocycles. The summed E-state index contributed by atoms with van der Waals surface area (Å²) in [5.41, 5.74) is -0.728. The Morgan fingerprint density at radius 3 is 2.56 bits per heavy atom. The Balaban J connectivity index is 1.48. The first-order chi connectivity index (χ1) is 16.1. The van der Waals surface area contributed by atoms with Gasteiger partial charge in [0.1, 0.15) is 12.1 Å². The van der Waals surface area contributed by atoms with Crippen LogP contribution in [0.15, 0.2) is 36.4 Å². The first-order valence-corrected chi connectivity index (χ1v) is 10.8. The molecule has 11 heteroatoms. The van der Waals surface area contributed by atoms with E-state index in [0.717, 1.165) is 17.0 Å². The molecule has 0 N–H and O–H groups in total. The second-order valence-corrected chi connectivity index (χ2v) is 8.83. The number of benzene rings is 2. The topological polar surface area (TPSA) is 84.7 Å². The minimum absolute atomic E-state index is 0.0339. The molecular formula is C23H16ClF3N4O3. The van der Waals surface area contributed by atoms with Crippen molar-refractivity contribution in [3.8, 4) is 6.07 Å². The van der Waals surface area contributed by atoms with Gasteiger partial charge in [-0.2, -0.15) is 18.4 Å². The van der Waals surface area contributed by atoms with Crippen molar-refractivity contribution in [2.75, 3.05) is 11.4 Å². The molecule has 3 atom stereocenters. The van der Waals surface area contributed by atoms with Gasteiger partial charge in [-0.15, -0.1) is 0 Å². The van der Waals surface area contributed by atoms with E-state index in [0.29, 0.717) is 12.0 Å². The third-order valence-electron chi connectivity index (χ3n) is 6.71. The Morgan fingerprint density at radius 1 is 1.18 bits per heavy atom. The maximum Gasteiger partial charge on any atom is 0.417 e. The van der Waals surface area contributed by atoms with Crippen molar-refractivity contribution in [2.24, 2.45) is 0 Å². The molecule has 2 bridgehead atoms. The number of halogens is 4. The van der Waals surface area contributed by atoms with E-state index in [1.807, 2.05) is 6.07 Å². The fourth-order valence-electron chi connectivity index (χ4n) is 5.19. The third-order valence-corrected chi connectivity index (χ3v) is 7.19. The number of hydrogen-bond donors (Lipinski definition) is 0. The highest BCUT2D eigenvalue weighted by Crippen LogP contribution is 2.44. The molecule has 0 radical (unpaired) electrons. The van der Waals surface area contributed by atoms with Crippen molar-refractivity contribution in [1.29, 1.82) is 5.26 Å². The van der Waals surface area contributed by atoms with Gasteiger partial charge in [0.05, 0.1) is 39.5 Å². The molecule has 3 saturated heterocycles. The van der Waals surface area contributed by atoms with Crippen LogP contribution < -0.4 is 4.90 Å². The van der Waals surface area contributed by atoms with Crippen LogP contribution in [0.4, 0.5) is 23.7 Å². The van der Waals surface area contributed by atoms with Crippen LogP contribution in [0.25, 0.3) is 0 Å². The number of nitriles is 1. The molecule has 2 aromatic rings. The van der Waals surface area contributed by atoms with E-state index in [4.69, 9.17) is 16.9 Å². The zero-order valence-corrected chi connectivity index (χ0v) is 18.4. The van der Waals surface area contributed by atoms with Crippen LogP contribution >= 0.6 is 11.6 Å². The zero-order chi connectivity index (χ0) is 24.5. The number of carbonyl (C=O) groups excluding carboxylic acids is 3. The van der Waals surface area contributed by atoms with Crippen LogP contribution in [0.2, 0.25) is 5.02 Å². The Morgan fingerprint density at radius 2 is 1.88 bits per heavy atom. The highest BCUT2D eigenvalue weighted by Gasteiger charge is 2.63. The average Bonchev–Trinajstić information content (AvgIpc) is 3.46. The predicted molar refractivity (Wildman–Crippen MR) is 114 cm³/mol. The summed E-state index contributed by atoms with van der Waals surface area (Å²) in [5.74, 6) is -1.40. The number of urea groups is 1. The first-order valence-electron chi connectivity index (χ1n) is 10.4. The second-order valence-electron chi connectivity index (χ2n) is 8.45. The number of alkyl halides is 3. The maximum atomic E-state index is 13.5. The van der Waals surface area contributed by atoms with Crippen molar-refractivity contribution in [3.63, 3.8) is 0 Å². The highest BCUT2D eigenvalue weighted by atomic mass is 35.5. The minimum Gasteiger partial charge on any atom is -0.331 e. The van der Waals surface area contributed by atoms with Crippen molar-refractivity contribution in [2.45, 2.75) is 37.6 Å². The number of nitrogens with zero attached hydrogens (tertiary/aromatic N) is 4. The zero-order valence-electron chi connectivity index (χ0n) is 17.6. The Labute approximate surface area is 196 Å². The van der Waals surface area contributed by atoms with E-state index >= 15 is 0 Å². The number of hydrogen-bond acceptors (Lipinski definition) is 4. The summed E-state index contributed by atoms with van der Waals surface area (Å²) in [4.78, 5) is 43.4. The van der Waals surface area contributed by atoms with Crippen molar-refractivity contribution in [1.82, 2.24) is 9.80 Å². The first kappa shape index (κ1) is 22.2. The number of amides is 4. The summed E-state index contributed by atoms with van der Waals surface area (Å²) in [6, 6.07) is 6.52. The van der Waals surface area contributed by atoms with Gasteiger partial charge in [0.25, 0.3) is 11.8 Å². The molecule has 3 heterocycles. The van der Waals surface area contributed by atoms with E-state index in [2.05, 4.69) is 0 Å². The van der Waals surface area contributed by atoms with Gasteiger partial charge >= 0.3 is 12.2 Å².